The number of anilines is 1. The second kappa shape index (κ2) is 5.71. The lowest BCUT2D eigenvalue weighted by molar-refractivity contribution is 0.326. The number of aryl methyl sites for hydroxylation is 1. The monoisotopic (exact) mass is 274 g/mol. The predicted octanol–water partition coefficient (Wildman–Crippen LogP) is 2.11. The maximum atomic E-state index is 6.05. The van der Waals surface area contributed by atoms with Crippen molar-refractivity contribution in [3.05, 3.63) is 18.2 Å². The smallest absolute Gasteiger partial charge is 0.201 e. The van der Waals surface area contributed by atoms with Gasteiger partial charge in [-0.15, -0.1) is 0 Å². The Hall–Kier alpha value is -1.75. The molecule has 1 aliphatic rings. The molecular formula is C15H22N4O. The zero-order chi connectivity index (χ0) is 13.9. The van der Waals surface area contributed by atoms with Gasteiger partial charge in [-0.25, -0.2) is 4.98 Å². The molecule has 1 fully saturated rings. The SMILES string of the molecule is COc1cccc2c1nc(N)n2CCCN1CCCC1. The van der Waals surface area contributed by atoms with Crippen LogP contribution in [0.5, 0.6) is 5.75 Å². The molecule has 0 bridgehead atoms. The normalized spacial score (nSPS) is 16.1. The molecule has 1 aliphatic heterocycles. The van der Waals surface area contributed by atoms with Crippen molar-refractivity contribution >= 4 is 17.0 Å². The van der Waals surface area contributed by atoms with Gasteiger partial charge in [-0.3, -0.25) is 0 Å². The van der Waals surface area contributed by atoms with Crippen LogP contribution < -0.4 is 10.5 Å². The second-order valence-electron chi connectivity index (χ2n) is 5.35. The number of hydrogen-bond acceptors (Lipinski definition) is 4. The number of ether oxygens (including phenoxy) is 1. The highest BCUT2D eigenvalue weighted by atomic mass is 16.5. The van der Waals surface area contributed by atoms with E-state index in [0.717, 1.165) is 36.3 Å². The fraction of sp³-hybridized carbons (Fsp3) is 0.533. The minimum atomic E-state index is 0.575. The molecule has 0 spiro atoms. The van der Waals surface area contributed by atoms with Gasteiger partial charge in [-0.2, -0.15) is 0 Å². The molecule has 20 heavy (non-hydrogen) atoms. The highest BCUT2D eigenvalue weighted by Crippen LogP contribution is 2.26. The van der Waals surface area contributed by atoms with Crippen LogP contribution >= 0.6 is 0 Å². The van der Waals surface area contributed by atoms with Gasteiger partial charge in [0, 0.05) is 6.54 Å². The molecule has 5 nitrogen and oxygen atoms in total. The van der Waals surface area contributed by atoms with Crippen molar-refractivity contribution in [3.63, 3.8) is 0 Å². The van der Waals surface area contributed by atoms with Crippen LogP contribution in [0.3, 0.4) is 0 Å². The van der Waals surface area contributed by atoms with Gasteiger partial charge in [-0.1, -0.05) is 6.07 Å². The van der Waals surface area contributed by atoms with Crippen molar-refractivity contribution in [3.8, 4) is 5.75 Å². The summed E-state index contributed by atoms with van der Waals surface area (Å²) in [5.41, 5.74) is 7.97. The Morgan fingerprint density at radius 2 is 2.05 bits per heavy atom. The maximum Gasteiger partial charge on any atom is 0.201 e. The fourth-order valence-electron chi connectivity index (χ4n) is 3.00. The molecular weight excluding hydrogens is 252 g/mol. The zero-order valence-electron chi connectivity index (χ0n) is 12.0. The molecule has 2 aromatic rings. The summed E-state index contributed by atoms with van der Waals surface area (Å²) >= 11 is 0. The molecule has 3 rings (SSSR count). The molecule has 1 saturated heterocycles. The number of nitrogens with two attached hydrogens (primary N) is 1. The summed E-state index contributed by atoms with van der Waals surface area (Å²) in [6, 6.07) is 5.96. The molecule has 108 valence electrons. The third kappa shape index (κ3) is 2.45. The van der Waals surface area contributed by atoms with E-state index in [1.165, 1.54) is 25.9 Å². The highest BCUT2D eigenvalue weighted by molar-refractivity contribution is 5.84. The Bertz CT molecular complexity index is 587. The zero-order valence-corrected chi connectivity index (χ0v) is 12.0. The van der Waals surface area contributed by atoms with Gasteiger partial charge >= 0.3 is 0 Å². The van der Waals surface area contributed by atoms with E-state index < -0.39 is 0 Å². The van der Waals surface area contributed by atoms with Crippen LogP contribution in [0.4, 0.5) is 5.95 Å². The average Bonchev–Trinajstić information content (AvgIpc) is 3.07. The molecule has 5 heteroatoms. The van der Waals surface area contributed by atoms with E-state index in [1.807, 2.05) is 12.1 Å². The molecule has 0 aliphatic carbocycles. The van der Waals surface area contributed by atoms with Crippen molar-refractivity contribution in [1.82, 2.24) is 14.5 Å². The summed E-state index contributed by atoms with van der Waals surface area (Å²) < 4.78 is 7.43. The number of nitrogens with zero attached hydrogens (tertiary/aromatic N) is 3. The minimum absolute atomic E-state index is 0.575. The van der Waals surface area contributed by atoms with Crippen LogP contribution in [0.2, 0.25) is 0 Å². The first-order valence-electron chi connectivity index (χ1n) is 7.30. The third-order valence-electron chi connectivity index (χ3n) is 4.05. The molecule has 0 radical (unpaired) electrons. The first-order chi connectivity index (χ1) is 9.79. The summed E-state index contributed by atoms with van der Waals surface area (Å²) in [5, 5.41) is 0. The van der Waals surface area contributed by atoms with Gasteiger partial charge in [-0.05, 0) is 51.0 Å². The van der Waals surface area contributed by atoms with Crippen LogP contribution in [0.15, 0.2) is 18.2 Å². The standard InChI is InChI=1S/C15H22N4O/c1-20-13-7-4-6-12-14(13)17-15(16)19(12)11-5-10-18-8-2-3-9-18/h4,6-7H,2-3,5,8-11H2,1H3,(H2,16,17). The number of methoxy groups -OCH3 is 1. The lowest BCUT2D eigenvalue weighted by Gasteiger charge is -2.14. The number of likely N-dealkylation sites (tertiary alicyclic amines) is 1. The molecule has 1 aromatic heterocycles. The number of rotatable bonds is 5. The number of imidazole rings is 1. The minimum Gasteiger partial charge on any atom is -0.494 e. The number of para-hydroxylation sites is 1. The fourth-order valence-corrected chi connectivity index (χ4v) is 3.00. The van der Waals surface area contributed by atoms with E-state index >= 15 is 0 Å². The quantitative estimate of drug-likeness (QED) is 0.907. The molecule has 0 saturated carbocycles. The van der Waals surface area contributed by atoms with Crippen molar-refractivity contribution in [2.24, 2.45) is 0 Å². The lowest BCUT2D eigenvalue weighted by Crippen LogP contribution is -2.21. The summed E-state index contributed by atoms with van der Waals surface area (Å²) in [7, 11) is 1.66. The Kier molecular flexibility index (Phi) is 3.78. The Labute approximate surface area is 119 Å². The molecule has 0 amide bonds. The summed E-state index contributed by atoms with van der Waals surface area (Å²) in [6.45, 7) is 4.54. The first-order valence-corrected chi connectivity index (χ1v) is 7.30. The van der Waals surface area contributed by atoms with Gasteiger partial charge in [0.05, 0.1) is 12.6 Å². The van der Waals surface area contributed by atoms with Crippen molar-refractivity contribution in [1.29, 1.82) is 0 Å². The van der Waals surface area contributed by atoms with Crippen LogP contribution in [-0.2, 0) is 6.54 Å². The summed E-state index contributed by atoms with van der Waals surface area (Å²) in [5.74, 6) is 1.36. The van der Waals surface area contributed by atoms with Crippen LogP contribution in [0.25, 0.3) is 11.0 Å². The summed E-state index contributed by atoms with van der Waals surface area (Å²) in [4.78, 5) is 6.96. The maximum absolute atomic E-state index is 6.05. The Balaban J connectivity index is 1.75. The Morgan fingerprint density at radius 3 is 2.80 bits per heavy atom. The van der Waals surface area contributed by atoms with Crippen molar-refractivity contribution in [2.75, 3.05) is 32.5 Å². The lowest BCUT2D eigenvalue weighted by atomic mass is 10.3. The topological polar surface area (TPSA) is 56.3 Å². The van der Waals surface area contributed by atoms with Crippen molar-refractivity contribution < 1.29 is 4.74 Å². The van der Waals surface area contributed by atoms with Gasteiger partial charge in [0.1, 0.15) is 11.3 Å². The van der Waals surface area contributed by atoms with Gasteiger partial charge in [0.2, 0.25) is 5.95 Å². The predicted molar refractivity (Wildman–Crippen MR) is 81.0 cm³/mol. The van der Waals surface area contributed by atoms with E-state index in [4.69, 9.17) is 10.5 Å². The van der Waals surface area contributed by atoms with Crippen LogP contribution in [0.1, 0.15) is 19.3 Å². The van der Waals surface area contributed by atoms with Gasteiger partial charge in [0.15, 0.2) is 0 Å². The average molecular weight is 274 g/mol. The Morgan fingerprint density at radius 1 is 1.25 bits per heavy atom. The summed E-state index contributed by atoms with van der Waals surface area (Å²) in [6.07, 6.45) is 3.79. The number of benzene rings is 1. The molecule has 0 atom stereocenters. The number of hydrogen-bond donors (Lipinski definition) is 1. The largest absolute Gasteiger partial charge is 0.494 e. The molecule has 1 aromatic carbocycles. The molecule has 0 unspecified atom stereocenters. The molecule has 2 N–H and O–H groups in total. The van der Waals surface area contributed by atoms with Crippen molar-refractivity contribution in [2.45, 2.75) is 25.8 Å². The van der Waals surface area contributed by atoms with E-state index in [0.29, 0.717) is 5.95 Å². The van der Waals surface area contributed by atoms with E-state index in [-0.39, 0.29) is 0 Å². The highest BCUT2D eigenvalue weighted by Gasteiger charge is 2.13. The van der Waals surface area contributed by atoms with E-state index in [1.54, 1.807) is 7.11 Å². The van der Waals surface area contributed by atoms with Gasteiger partial charge < -0.3 is 19.9 Å². The van der Waals surface area contributed by atoms with E-state index in [9.17, 15) is 0 Å². The van der Waals surface area contributed by atoms with E-state index in [2.05, 4.69) is 20.5 Å². The van der Waals surface area contributed by atoms with Crippen LogP contribution in [-0.4, -0.2) is 41.2 Å². The van der Waals surface area contributed by atoms with Crippen LogP contribution in [0, 0.1) is 0 Å². The third-order valence-corrected chi connectivity index (χ3v) is 4.05. The number of aromatic nitrogens is 2. The number of nitrogen functional groups attached to an aromatic ring is 1. The first kappa shape index (κ1) is 13.2. The molecule has 2 heterocycles. The second-order valence-corrected chi connectivity index (χ2v) is 5.35. The number of fused-ring (bicyclic) bond motifs is 1. The van der Waals surface area contributed by atoms with Gasteiger partial charge in [0.25, 0.3) is 0 Å².